The van der Waals surface area contributed by atoms with E-state index in [2.05, 4.69) is 9.97 Å². The molecule has 0 aromatic carbocycles. The summed E-state index contributed by atoms with van der Waals surface area (Å²) in [6.07, 6.45) is 3.27. The molecule has 0 amide bonds. The van der Waals surface area contributed by atoms with Crippen LogP contribution in [0, 0.1) is 0 Å². The van der Waals surface area contributed by atoms with Crippen LogP contribution in [0.5, 0.6) is 0 Å². The summed E-state index contributed by atoms with van der Waals surface area (Å²) < 4.78 is 0. The molecule has 13 heavy (non-hydrogen) atoms. The molecule has 0 saturated heterocycles. The van der Waals surface area contributed by atoms with Crippen LogP contribution in [0.2, 0.25) is 0 Å². The molecule has 1 atom stereocenters. The normalized spacial score (nSPS) is 11.5. The zero-order chi connectivity index (χ0) is 8.97. The number of nitrogens with zero attached hydrogens (tertiary/aromatic N) is 2. The summed E-state index contributed by atoms with van der Waals surface area (Å²) in [6, 6.07) is 0.739. The molecule has 6 heteroatoms. The second kappa shape index (κ2) is 5.45. The Bertz CT molecular complexity index is 268. The third-order valence-electron chi connectivity index (χ3n) is 1.34. The van der Waals surface area contributed by atoms with Gasteiger partial charge in [-0.15, -0.1) is 12.4 Å². The summed E-state index contributed by atoms with van der Waals surface area (Å²) in [5.41, 5.74) is 5.27. The monoisotopic (exact) mass is 203 g/mol. The maximum Gasteiger partial charge on any atom is 0.320 e. The SMILES string of the molecule is Cl.N[C@H](Cc1ncccn1)C(=O)O. The number of hydrogen-bond donors (Lipinski definition) is 2. The van der Waals surface area contributed by atoms with Gasteiger partial charge in [-0.1, -0.05) is 0 Å². The maximum absolute atomic E-state index is 10.3. The number of carboxylic acids is 1. The van der Waals surface area contributed by atoms with E-state index in [1.54, 1.807) is 18.5 Å². The lowest BCUT2D eigenvalue weighted by Gasteiger charge is -2.03. The molecule has 1 rings (SSSR count). The Hall–Kier alpha value is -1.20. The molecule has 0 aliphatic carbocycles. The molecule has 1 aromatic heterocycles. The van der Waals surface area contributed by atoms with Crippen molar-refractivity contribution in [3.63, 3.8) is 0 Å². The van der Waals surface area contributed by atoms with Gasteiger partial charge in [0.2, 0.25) is 0 Å². The summed E-state index contributed by atoms with van der Waals surface area (Å²) in [5.74, 6) is -0.588. The number of halogens is 1. The molecular formula is C7H10ClN3O2. The lowest BCUT2D eigenvalue weighted by Crippen LogP contribution is -2.32. The molecule has 0 fully saturated rings. The van der Waals surface area contributed by atoms with Gasteiger partial charge in [0.05, 0.1) is 0 Å². The quantitative estimate of drug-likeness (QED) is 0.714. The van der Waals surface area contributed by atoms with Gasteiger partial charge in [0.25, 0.3) is 0 Å². The first-order valence-corrected chi connectivity index (χ1v) is 3.44. The standard InChI is InChI=1S/C7H9N3O2.ClH/c8-5(7(11)12)4-6-9-2-1-3-10-6;/h1-3,5H,4,8H2,(H,11,12);1H/t5-;/m1./s1. The van der Waals surface area contributed by atoms with Crippen LogP contribution in [-0.4, -0.2) is 27.1 Å². The van der Waals surface area contributed by atoms with Crippen LogP contribution >= 0.6 is 12.4 Å². The molecule has 0 spiro atoms. The van der Waals surface area contributed by atoms with E-state index in [1.165, 1.54) is 0 Å². The van der Waals surface area contributed by atoms with E-state index in [-0.39, 0.29) is 18.8 Å². The molecule has 0 saturated carbocycles. The van der Waals surface area contributed by atoms with E-state index in [4.69, 9.17) is 10.8 Å². The highest BCUT2D eigenvalue weighted by atomic mass is 35.5. The van der Waals surface area contributed by atoms with Crippen LogP contribution in [0.15, 0.2) is 18.5 Å². The zero-order valence-corrected chi connectivity index (χ0v) is 7.57. The predicted molar refractivity (Wildman–Crippen MR) is 48.6 cm³/mol. The number of carbonyl (C=O) groups is 1. The average Bonchev–Trinajstić information content (AvgIpc) is 2.06. The number of nitrogens with two attached hydrogens (primary N) is 1. The summed E-state index contributed by atoms with van der Waals surface area (Å²) in [6.45, 7) is 0. The fraction of sp³-hybridized carbons (Fsp3) is 0.286. The summed E-state index contributed by atoms with van der Waals surface area (Å²) in [5, 5.41) is 8.46. The lowest BCUT2D eigenvalue weighted by molar-refractivity contribution is -0.138. The molecule has 0 aliphatic rings. The minimum Gasteiger partial charge on any atom is -0.480 e. The Balaban J connectivity index is 0.00000144. The molecule has 1 heterocycles. The Morgan fingerprint density at radius 2 is 2.08 bits per heavy atom. The van der Waals surface area contributed by atoms with Crippen molar-refractivity contribution in [3.05, 3.63) is 24.3 Å². The van der Waals surface area contributed by atoms with E-state index in [0.717, 1.165) is 0 Å². The first kappa shape index (κ1) is 11.8. The van der Waals surface area contributed by atoms with Crippen molar-refractivity contribution >= 4 is 18.4 Å². The van der Waals surface area contributed by atoms with Crippen molar-refractivity contribution in [1.82, 2.24) is 9.97 Å². The van der Waals surface area contributed by atoms with Crippen LogP contribution < -0.4 is 5.73 Å². The van der Waals surface area contributed by atoms with E-state index in [9.17, 15) is 4.79 Å². The fourth-order valence-corrected chi connectivity index (χ4v) is 0.719. The maximum atomic E-state index is 10.3. The van der Waals surface area contributed by atoms with Crippen molar-refractivity contribution in [2.45, 2.75) is 12.5 Å². The number of hydrogen-bond acceptors (Lipinski definition) is 4. The van der Waals surface area contributed by atoms with E-state index < -0.39 is 12.0 Å². The van der Waals surface area contributed by atoms with Crippen LogP contribution in [0.4, 0.5) is 0 Å². The van der Waals surface area contributed by atoms with Gasteiger partial charge in [-0.25, -0.2) is 9.97 Å². The molecule has 0 radical (unpaired) electrons. The third kappa shape index (κ3) is 3.82. The minimum absolute atomic E-state index is 0. The van der Waals surface area contributed by atoms with Gasteiger partial charge < -0.3 is 10.8 Å². The zero-order valence-electron chi connectivity index (χ0n) is 6.75. The predicted octanol–water partition coefficient (Wildman–Crippen LogP) is -0.147. The van der Waals surface area contributed by atoms with Crippen LogP contribution in [0.3, 0.4) is 0 Å². The Labute approximate surface area is 81.4 Å². The molecule has 1 aromatic rings. The van der Waals surface area contributed by atoms with Crippen molar-refractivity contribution in [3.8, 4) is 0 Å². The van der Waals surface area contributed by atoms with Crippen molar-refractivity contribution in [2.24, 2.45) is 5.73 Å². The van der Waals surface area contributed by atoms with Gasteiger partial charge in [0.1, 0.15) is 11.9 Å². The largest absolute Gasteiger partial charge is 0.480 e. The molecule has 72 valence electrons. The van der Waals surface area contributed by atoms with E-state index in [0.29, 0.717) is 5.82 Å². The number of aromatic nitrogens is 2. The highest BCUT2D eigenvalue weighted by Crippen LogP contribution is 1.92. The van der Waals surface area contributed by atoms with Crippen LogP contribution in [-0.2, 0) is 11.2 Å². The average molecular weight is 204 g/mol. The van der Waals surface area contributed by atoms with Gasteiger partial charge >= 0.3 is 5.97 Å². The highest BCUT2D eigenvalue weighted by Gasteiger charge is 2.12. The minimum atomic E-state index is -1.04. The molecule has 5 nitrogen and oxygen atoms in total. The Kier molecular flexibility index (Phi) is 4.94. The van der Waals surface area contributed by atoms with E-state index in [1.807, 2.05) is 0 Å². The van der Waals surface area contributed by atoms with Crippen molar-refractivity contribution < 1.29 is 9.90 Å². The van der Waals surface area contributed by atoms with Crippen molar-refractivity contribution in [2.75, 3.05) is 0 Å². The number of carboxylic acid groups (broad SMARTS) is 1. The first-order valence-electron chi connectivity index (χ1n) is 3.44. The van der Waals surface area contributed by atoms with Gasteiger partial charge in [-0.3, -0.25) is 4.79 Å². The van der Waals surface area contributed by atoms with Crippen LogP contribution in [0.1, 0.15) is 5.82 Å². The molecule has 0 bridgehead atoms. The molecule has 0 unspecified atom stereocenters. The highest BCUT2D eigenvalue weighted by molar-refractivity contribution is 5.85. The topological polar surface area (TPSA) is 89.1 Å². The van der Waals surface area contributed by atoms with Crippen LogP contribution in [0.25, 0.3) is 0 Å². The number of aliphatic carboxylic acids is 1. The summed E-state index contributed by atoms with van der Waals surface area (Å²) >= 11 is 0. The third-order valence-corrected chi connectivity index (χ3v) is 1.34. The van der Waals surface area contributed by atoms with Gasteiger partial charge in [-0.2, -0.15) is 0 Å². The first-order chi connectivity index (χ1) is 5.70. The summed E-state index contributed by atoms with van der Waals surface area (Å²) in [4.78, 5) is 18.0. The second-order valence-electron chi connectivity index (χ2n) is 2.31. The Morgan fingerprint density at radius 1 is 1.54 bits per heavy atom. The second-order valence-corrected chi connectivity index (χ2v) is 2.31. The van der Waals surface area contributed by atoms with Gasteiger partial charge in [0, 0.05) is 18.8 Å². The molecule has 0 aliphatic heterocycles. The Morgan fingerprint density at radius 3 is 2.54 bits per heavy atom. The number of rotatable bonds is 3. The van der Waals surface area contributed by atoms with Gasteiger partial charge in [-0.05, 0) is 6.07 Å². The molecule has 3 N–H and O–H groups in total. The van der Waals surface area contributed by atoms with Gasteiger partial charge in [0.15, 0.2) is 0 Å². The lowest BCUT2D eigenvalue weighted by atomic mass is 10.2. The smallest absolute Gasteiger partial charge is 0.320 e. The van der Waals surface area contributed by atoms with Crippen molar-refractivity contribution in [1.29, 1.82) is 0 Å². The van der Waals surface area contributed by atoms with E-state index >= 15 is 0 Å². The summed E-state index contributed by atoms with van der Waals surface area (Å²) in [7, 11) is 0. The fourth-order valence-electron chi connectivity index (χ4n) is 0.719. The molecular weight excluding hydrogens is 194 g/mol.